The minimum atomic E-state index is -0.0271. The maximum Gasteiger partial charge on any atom is 0.220 e. The van der Waals surface area contributed by atoms with Crippen LogP contribution in [0.5, 0.6) is 0 Å². The first-order valence-electron chi connectivity index (χ1n) is 4.35. The fourth-order valence-corrected chi connectivity index (χ4v) is 0.922. The molecule has 0 aromatic heterocycles. The Kier molecular flexibility index (Phi) is 7.48. The summed E-state index contributed by atoms with van der Waals surface area (Å²) in [6, 6.07) is 0. The van der Waals surface area contributed by atoms with Gasteiger partial charge in [0.25, 0.3) is 0 Å². The molecule has 76 valence electrons. The third-order valence-corrected chi connectivity index (χ3v) is 1.65. The summed E-state index contributed by atoms with van der Waals surface area (Å²) in [6.07, 6.45) is 0.898. The first-order valence-corrected chi connectivity index (χ1v) is 4.98. The van der Waals surface area contributed by atoms with Crippen molar-refractivity contribution in [2.24, 2.45) is 0 Å². The predicted molar refractivity (Wildman–Crippen MR) is 54.8 cm³/mol. The zero-order valence-corrected chi connectivity index (χ0v) is 8.69. The van der Waals surface area contributed by atoms with Crippen LogP contribution in [0, 0.1) is 0 Å². The van der Waals surface area contributed by atoms with Crippen molar-refractivity contribution in [1.29, 1.82) is 0 Å². The second kappa shape index (κ2) is 7.91. The van der Waals surface area contributed by atoms with E-state index in [-0.39, 0.29) is 11.8 Å². The molecule has 0 fully saturated rings. The first kappa shape index (κ1) is 12.3. The van der Waals surface area contributed by atoms with Gasteiger partial charge in [-0.1, -0.05) is 6.92 Å². The topological polar surface area (TPSA) is 58.2 Å². The summed E-state index contributed by atoms with van der Waals surface area (Å²) in [6.45, 7) is 2.76. The van der Waals surface area contributed by atoms with Gasteiger partial charge in [-0.3, -0.25) is 9.59 Å². The van der Waals surface area contributed by atoms with Crippen molar-refractivity contribution < 1.29 is 9.59 Å². The lowest BCUT2D eigenvalue weighted by molar-refractivity contribution is -0.122. The Morgan fingerprint density at radius 1 is 1.15 bits per heavy atom. The molecule has 0 radical (unpaired) electrons. The Hall–Kier alpha value is -0.710. The molecule has 0 aliphatic heterocycles. The largest absolute Gasteiger partial charge is 0.354 e. The van der Waals surface area contributed by atoms with Gasteiger partial charge in [0.2, 0.25) is 11.8 Å². The summed E-state index contributed by atoms with van der Waals surface area (Å²) in [4.78, 5) is 21.6. The molecule has 0 aromatic rings. The van der Waals surface area contributed by atoms with Gasteiger partial charge in [0.1, 0.15) is 0 Å². The Balaban J connectivity index is 3.25. The van der Waals surface area contributed by atoms with Crippen LogP contribution in [0.1, 0.15) is 19.8 Å². The quantitative estimate of drug-likeness (QED) is 0.419. The van der Waals surface area contributed by atoms with Gasteiger partial charge in [0.05, 0.1) is 0 Å². The monoisotopic (exact) mass is 204 g/mol. The molecule has 0 bridgehead atoms. The number of carbonyl (C=O) groups excluding carboxylic acids is 2. The summed E-state index contributed by atoms with van der Waals surface area (Å²) in [5, 5.41) is 5.32. The number of hydrogen-bond acceptors (Lipinski definition) is 3. The molecule has 0 atom stereocenters. The van der Waals surface area contributed by atoms with Crippen molar-refractivity contribution in [3.8, 4) is 0 Å². The van der Waals surface area contributed by atoms with Gasteiger partial charge < -0.3 is 10.6 Å². The highest BCUT2D eigenvalue weighted by Gasteiger charge is 1.98. The second-order valence-electron chi connectivity index (χ2n) is 2.53. The van der Waals surface area contributed by atoms with Gasteiger partial charge in [0.15, 0.2) is 0 Å². The van der Waals surface area contributed by atoms with Gasteiger partial charge in [-0.05, 0) is 5.75 Å². The molecule has 13 heavy (non-hydrogen) atoms. The van der Waals surface area contributed by atoms with Gasteiger partial charge >= 0.3 is 0 Å². The number of nitrogens with one attached hydrogen (secondary N) is 2. The Labute approximate surface area is 83.9 Å². The van der Waals surface area contributed by atoms with Crippen LogP contribution in [-0.4, -0.2) is 30.7 Å². The molecule has 0 saturated heterocycles. The van der Waals surface area contributed by atoms with Crippen molar-refractivity contribution in [2.75, 3.05) is 18.8 Å². The molecule has 0 aromatic carbocycles. The molecule has 0 aliphatic carbocycles. The summed E-state index contributed by atoms with van der Waals surface area (Å²) in [7, 11) is 0. The highest BCUT2D eigenvalue weighted by molar-refractivity contribution is 7.80. The lowest BCUT2D eigenvalue weighted by atomic mass is 10.4. The Morgan fingerprint density at radius 3 is 2.15 bits per heavy atom. The van der Waals surface area contributed by atoms with E-state index in [0.717, 1.165) is 0 Å². The van der Waals surface area contributed by atoms with Crippen LogP contribution in [0.2, 0.25) is 0 Å². The molecular weight excluding hydrogens is 188 g/mol. The normalized spacial score (nSPS) is 9.38. The smallest absolute Gasteiger partial charge is 0.220 e. The number of hydrogen-bond donors (Lipinski definition) is 3. The molecular formula is C8H16N2O2S. The molecule has 0 saturated carbocycles. The highest BCUT2D eigenvalue weighted by atomic mass is 32.1. The van der Waals surface area contributed by atoms with E-state index in [9.17, 15) is 9.59 Å². The summed E-state index contributed by atoms with van der Waals surface area (Å²) in [5.41, 5.74) is 0. The van der Waals surface area contributed by atoms with Crippen LogP contribution >= 0.6 is 12.6 Å². The van der Waals surface area contributed by atoms with Gasteiger partial charge in [-0.2, -0.15) is 12.6 Å². The second-order valence-corrected chi connectivity index (χ2v) is 2.97. The zero-order valence-electron chi connectivity index (χ0n) is 7.80. The average molecular weight is 204 g/mol. The predicted octanol–water partition coefficient (Wildman–Crippen LogP) is -0.0513. The van der Waals surface area contributed by atoms with Gasteiger partial charge in [0, 0.05) is 25.9 Å². The summed E-state index contributed by atoms with van der Waals surface area (Å²) >= 11 is 3.92. The van der Waals surface area contributed by atoms with Crippen LogP contribution in [0.3, 0.4) is 0 Å². The van der Waals surface area contributed by atoms with E-state index in [1.165, 1.54) is 0 Å². The third kappa shape index (κ3) is 7.64. The van der Waals surface area contributed by atoms with E-state index in [1.54, 1.807) is 6.92 Å². The molecule has 0 spiro atoms. The fraction of sp³-hybridized carbons (Fsp3) is 0.750. The lowest BCUT2D eigenvalue weighted by Gasteiger charge is -2.04. The van der Waals surface area contributed by atoms with Crippen LogP contribution in [0.25, 0.3) is 0 Å². The number of amides is 2. The van der Waals surface area contributed by atoms with Crippen molar-refractivity contribution in [1.82, 2.24) is 10.6 Å². The van der Waals surface area contributed by atoms with E-state index < -0.39 is 0 Å². The van der Waals surface area contributed by atoms with Crippen molar-refractivity contribution in [3.05, 3.63) is 0 Å². The minimum Gasteiger partial charge on any atom is -0.354 e. The van der Waals surface area contributed by atoms with Crippen LogP contribution in [0.4, 0.5) is 0 Å². The molecule has 2 amide bonds. The van der Waals surface area contributed by atoms with Crippen LogP contribution in [-0.2, 0) is 9.59 Å². The molecule has 0 heterocycles. The maximum atomic E-state index is 10.9. The lowest BCUT2D eigenvalue weighted by Crippen LogP contribution is -2.34. The molecule has 0 rings (SSSR count). The van der Waals surface area contributed by atoms with Crippen molar-refractivity contribution in [2.45, 2.75) is 19.8 Å². The Bertz CT molecular complexity index is 174. The Morgan fingerprint density at radius 2 is 1.69 bits per heavy atom. The molecule has 0 aliphatic rings. The average Bonchev–Trinajstić information content (AvgIpc) is 2.12. The summed E-state index contributed by atoms with van der Waals surface area (Å²) < 4.78 is 0. The van der Waals surface area contributed by atoms with E-state index in [0.29, 0.717) is 31.7 Å². The van der Waals surface area contributed by atoms with Crippen molar-refractivity contribution in [3.63, 3.8) is 0 Å². The first-order chi connectivity index (χ1) is 6.20. The maximum absolute atomic E-state index is 10.9. The van der Waals surface area contributed by atoms with E-state index in [4.69, 9.17) is 0 Å². The number of thiol groups is 1. The zero-order chi connectivity index (χ0) is 10.1. The molecule has 5 heteroatoms. The molecule has 0 unspecified atom stereocenters. The third-order valence-electron chi connectivity index (χ3n) is 1.43. The standard InChI is InChI=1S/C8H16N2O2S/c1-2-7(11)9-4-5-10-8(12)3-6-13/h13H,2-6H2,1H3,(H,9,11)(H,10,12). The van der Waals surface area contributed by atoms with E-state index in [2.05, 4.69) is 23.3 Å². The molecule has 2 N–H and O–H groups in total. The fourth-order valence-electron chi connectivity index (χ4n) is 0.719. The van der Waals surface area contributed by atoms with Crippen LogP contribution < -0.4 is 10.6 Å². The summed E-state index contributed by atoms with van der Waals surface area (Å²) in [5.74, 6) is 0.525. The SMILES string of the molecule is CCC(=O)NCCNC(=O)CCS. The van der Waals surface area contributed by atoms with Gasteiger partial charge in [-0.15, -0.1) is 0 Å². The van der Waals surface area contributed by atoms with Crippen LogP contribution in [0.15, 0.2) is 0 Å². The van der Waals surface area contributed by atoms with E-state index in [1.807, 2.05) is 0 Å². The minimum absolute atomic E-state index is 0.00319. The number of carbonyl (C=O) groups is 2. The molecule has 4 nitrogen and oxygen atoms in total. The van der Waals surface area contributed by atoms with Crippen molar-refractivity contribution >= 4 is 24.4 Å². The van der Waals surface area contributed by atoms with E-state index >= 15 is 0 Å². The highest BCUT2D eigenvalue weighted by Crippen LogP contribution is 1.82. The number of rotatable bonds is 6. The van der Waals surface area contributed by atoms with Gasteiger partial charge in [-0.25, -0.2) is 0 Å².